The highest BCUT2D eigenvalue weighted by Crippen LogP contribution is 2.32. The van der Waals surface area contributed by atoms with Crippen molar-refractivity contribution in [1.82, 2.24) is 0 Å². The van der Waals surface area contributed by atoms with Crippen molar-refractivity contribution in [3.05, 3.63) is 57.6 Å². The summed E-state index contributed by atoms with van der Waals surface area (Å²) in [4.78, 5) is 12.0. The van der Waals surface area contributed by atoms with Crippen molar-refractivity contribution in [3.8, 4) is 0 Å². The van der Waals surface area contributed by atoms with Gasteiger partial charge in [0.05, 0.1) is 15.7 Å². The van der Waals surface area contributed by atoms with Gasteiger partial charge in [0.15, 0.2) is 0 Å². The fraction of sp³-hybridized carbons (Fsp3) is 0.188. The first-order valence-electron chi connectivity index (χ1n) is 6.56. The van der Waals surface area contributed by atoms with Gasteiger partial charge >= 0.3 is 0 Å². The third kappa shape index (κ3) is 4.13. The summed E-state index contributed by atoms with van der Waals surface area (Å²) in [6, 6.07) is 11.0. The number of halogens is 2. The first-order chi connectivity index (χ1) is 9.97. The average molecular weight is 323 g/mol. The molecule has 21 heavy (non-hydrogen) atoms. The van der Waals surface area contributed by atoms with Crippen LogP contribution in [0.25, 0.3) is 0 Å². The molecule has 0 heterocycles. The Bertz CT molecular complexity index is 671. The molecule has 0 saturated carbocycles. The average Bonchev–Trinajstić information content (AvgIpc) is 2.46. The molecule has 0 atom stereocenters. The molecule has 1 amide bonds. The van der Waals surface area contributed by atoms with E-state index in [2.05, 4.69) is 5.32 Å². The zero-order chi connectivity index (χ0) is 15.4. The number of rotatable bonds is 4. The molecule has 0 radical (unpaired) electrons. The summed E-state index contributed by atoms with van der Waals surface area (Å²) in [5.74, 6) is -0.133. The number of carbonyl (C=O) groups is 1. The molecule has 110 valence electrons. The molecule has 0 aliphatic heterocycles. The number of nitrogens with two attached hydrogens (primary N) is 1. The van der Waals surface area contributed by atoms with E-state index in [0.717, 1.165) is 11.1 Å². The highest BCUT2D eigenvalue weighted by molar-refractivity contribution is 6.40. The van der Waals surface area contributed by atoms with E-state index in [9.17, 15) is 4.79 Å². The molecule has 5 heteroatoms. The molecule has 3 nitrogen and oxygen atoms in total. The molecule has 2 rings (SSSR count). The Morgan fingerprint density at radius 2 is 2.00 bits per heavy atom. The second kappa shape index (κ2) is 6.83. The van der Waals surface area contributed by atoms with Gasteiger partial charge in [0, 0.05) is 12.1 Å². The molecule has 0 unspecified atom stereocenters. The van der Waals surface area contributed by atoms with Crippen LogP contribution in [0.3, 0.4) is 0 Å². The summed E-state index contributed by atoms with van der Waals surface area (Å²) in [7, 11) is 0. The van der Waals surface area contributed by atoms with Crippen LogP contribution in [-0.4, -0.2) is 5.91 Å². The predicted molar refractivity (Wildman–Crippen MR) is 89.0 cm³/mol. The minimum absolute atomic E-state index is 0.133. The van der Waals surface area contributed by atoms with Gasteiger partial charge in [0.25, 0.3) is 0 Å². The number of carbonyl (C=O) groups excluding carboxylic acids is 1. The Balaban J connectivity index is 2.01. The van der Waals surface area contributed by atoms with Gasteiger partial charge < -0.3 is 11.1 Å². The van der Waals surface area contributed by atoms with Gasteiger partial charge in [0.1, 0.15) is 0 Å². The van der Waals surface area contributed by atoms with Crippen molar-refractivity contribution in [2.45, 2.75) is 19.8 Å². The number of anilines is 2. The molecule has 0 aliphatic rings. The lowest BCUT2D eigenvalue weighted by Crippen LogP contribution is -2.13. The summed E-state index contributed by atoms with van der Waals surface area (Å²) in [6.45, 7) is 1.86. The van der Waals surface area contributed by atoms with Crippen LogP contribution in [0.4, 0.5) is 11.4 Å². The minimum atomic E-state index is -0.133. The number of hydrogen-bond acceptors (Lipinski definition) is 2. The predicted octanol–water partition coefficient (Wildman–Crippen LogP) is 4.46. The highest BCUT2D eigenvalue weighted by Gasteiger charge is 2.11. The summed E-state index contributed by atoms with van der Waals surface area (Å²) in [6.07, 6.45) is 0.946. The first kappa shape index (κ1) is 15.7. The first-order valence-corrected chi connectivity index (χ1v) is 7.32. The SMILES string of the molecule is Cc1ccc(Cl)c(NC(=O)CCc2cccc(N)c2)c1Cl. The van der Waals surface area contributed by atoms with Gasteiger partial charge in [-0.2, -0.15) is 0 Å². The topological polar surface area (TPSA) is 55.1 Å². The van der Waals surface area contributed by atoms with E-state index in [-0.39, 0.29) is 5.91 Å². The normalized spacial score (nSPS) is 10.4. The van der Waals surface area contributed by atoms with Crippen LogP contribution in [0.15, 0.2) is 36.4 Å². The largest absolute Gasteiger partial charge is 0.399 e. The van der Waals surface area contributed by atoms with Crippen LogP contribution in [0.2, 0.25) is 10.0 Å². The lowest BCUT2D eigenvalue weighted by Gasteiger charge is -2.11. The van der Waals surface area contributed by atoms with Crippen molar-refractivity contribution < 1.29 is 4.79 Å². The van der Waals surface area contributed by atoms with Crippen LogP contribution in [0.1, 0.15) is 17.5 Å². The maximum atomic E-state index is 12.0. The molecule has 0 bridgehead atoms. The second-order valence-electron chi connectivity index (χ2n) is 4.85. The van der Waals surface area contributed by atoms with Gasteiger partial charge in [-0.3, -0.25) is 4.79 Å². The number of nitrogen functional groups attached to an aromatic ring is 1. The summed E-state index contributed by atoms with van der Waals surface area (Å²) < 4.78 is 0. The number of nitrogens with one attached hydrogen (secondary N) is 1. The Hall–Kier alpha value is -1.71. The van der Waals surface area contributed by atoms with E-state index in [1.165, 1.54) is 0 Å². The van der Waals surface area contributed by atoms with Crippen molar-refractivity contribution >= 4 is 40.5 Å². The van der Waals surface area contributed by atoms with E-state index in [1.54, 1.807) is 6.07 Å². The molecule has 0 fully saturated rings. The van der Waals surface area contributed by atoms with Gasteiger partial charge in [-0.1, -0.05) is 41.4 Å². The third-order valence-electron chi connectivity index (χ3n) is 3.14. The highest BCUT2D eigenvalue weighted by atomic mass is 35.5. The molecule has 2 aromatic carbocycles. The summed E-state index contributed by atoms with van der Waals surface area (Å²) in [5.41, 5.74) is 8.76. The third-order valence-corrected chi connectivity index (χ3v) is 3.94. The Labute approximate surface area is 134 Å². The van der Waals surface area contributed by atoms with E-state index in [4.69, 9.17) is 28.9 Å². The molecule has 0 aromatic heterocycles. The van der Waals surface area contributed by atoms with Crippen molar-refractivity contribution in [3.63, 3.8) is 0 Å². The monoisotopic (exact) mass is 322 g/mol. The van der Waals surface area contributed by atoms with Crippen molar-refractivity contribution in [2.75, 3.05) is 11.1 Å². The van der Waals surface area contributed by atoms with E-state index >= 15 is 0 Å². The number of benzene rings is 2. The molecule has 0 saturated heterocycles. The van der Waals surface area contributed by atoms with Crippen LogP contribution >= 0.6 is 23.2 Å². The van der Waals surface area contributed by atoms with Crippen LogP contribution in [0.5, 0.6) is 0 Å². The van der Waals surface area contributed by atoms with Gasteiger partial charge in [-0.25, -0.2) is 0 Å². The smallest absolute Gasteiger partial charge is 0.224 e. The second-order valence-corrected chi connectivity index (χ2v) is 5.63. The molecule has 0 aliphatic carbocycles. The van der Waals surface area contributed by atoms with Crippen molar-refractivity contribution in [1.29, 1.82) is 0 Å². The van der Waals surface area contributed by atoms with Gasteiger partial charge in [-0.05, 0) is 42.7 Å². The number of aryl methyl sites for hydroxylation is 2. The maximum Gasteiger partial charge on any atom is 0.224 e. The Kier molecular flexibility index (Phi) is 5.10. The minimum Gasteiger partial charge on any atom is -0.399 e. The number of amides is 1. The van der Waals surface area contributed by atoms with E-state index in [1.807, 2.05) is 37.3 Å². The fourth-order valence-electron chi connectivity index (χ4n) is 1.98. The quantitative estimate of drug-likeness (QED) is 0.817. The maximum absolute atomic E-state index is 12.0. The molecular weight excluding hydrogens is 307 g/mol. The Morgan fingerprint density at radius 1 is 1.24 bits per heavy atom. The van der Waals surface area contributed by atoms with Gasteiger partial charge in [-0.15, -0.1) is 0 Å². The van der Waals surface area contributed by atoms with Gasteiger partial charge in [0.2, 0.25) is 5.91 Å². The van der Waals surface area contributed by atoms with Crippen LogP contribution in [0, 0.1) is 6.92 Å². The molecule has 3 N–H and O–H groups in total. The molecular formula is C16H16Cl2N2O. The molecule has 0 spiro atoms. The van der Waals surface area contributed by atoms with Crippen LogP contribution < -0.4 is 11.1 Å². The summed E-state index contributed by atoms with van der Waals surface area (Å²) >= 11 is 12.2. The zero-order valence-electron chi connectivity index (χ0n) is 11.6. The molecule has 2 aromatic rings. The lowest BCUT2D eigenvalue weighted by molar-refractivity contribution is -0.116. The standard InChI is InChI=1S/C16H16Cl2N2O/c1-10-5-7-13(17)16(15(10)18)20-14(21)8-6-11-3-2-4-12(19)9-11/h2-5,7,9H,6,8,19H2,1H3,(H,20,21). The van der Waals surface area contributed by atoms with Crippen LogP contribution in [-0.2, 0) is 11.2 Å². The Morgan fingerprint density at radius 3 is 2.71 bits per heavy atom. The summed E-state index contributed by atoms with van der Waals surface area (Å²) in [5, 5.41) is 3.68. The zero-order valence-corrected chi connectivity index (χ0v) is 13.1. The van der Waals surface area contributed by atoms with E-state index in [0.29, 0.717) is 34.3 Å². The van der Waals surface area contributed by atoms with Crippen molar-refractivity contribution in [2.24, 2.45) is 0 Å². The number of hydrogen-bond donors (Lipinski definition) is 2. The lowest BCUT2D eigenvalue weighted by atomic mass is 10.1. The van der Waals surface area contributed by atoms with E-state index < -0.39 is 0 Å². The fourth-order valence-corrected chi connectivity index (χ4v) is 2.44.